The number of aromatic nitrogens is 1. The zero-order chi connectivity index (χ0) is 14.5. The second-order valence-corrected chi connectivity index (χ2v) is 4.96. The Balaban J connectivity index is 1.97. The third kappa shape index (κ3) is 3.33. The highest BCUT2D eigenvalue weighted by molar-refractivity contribution is 5.95. The standard InChI is InChI=1S/C14H20N4O2/c1-11-4-3-5-16-13(11)14(20)17(2)10-12(19)18-8-6-15-7-9-18/h3-5,15H,6-10H2,1-2H3. The maximum atomic E-state index is 12.3. The van der Waals surface area contributed by atoms with Crippen LogP contribution < -0.4 is 5.32 Å². The van der Waals surface area contributed by atoms with E-state index in [1.54, 1.807) is 24.2 Å². The van der Waals surface area contributed by atoms with Crippen LogP contribution in [0.25, 0.3) is 0 Å². The zero-order valence-electron chi connectivity index (χ0n) is 11.9. The molecule has 1 aliphatic rings. The predicted octanol–water partition coefficient (Wildman–Crippen LogP) is -0.106. The minimum absolute atomic E-state index is 0.0177. The van der Waals surface area contributed by atoms with Gasteiger partial charge in [0, 0.05) is 39.4 Å². The summed E-state index contributed by atoms with van der Waals surface area (Å²) in [5, 5.41) is 3.19. The van der Waals surface area contributed by atoms with E-state index >= 15 is 0 Å². The lowest BCUT2D eigenvalue weighted by Crippen LogP contribution is -2.49. The molecule has 2 rings (SSSR count). The van der Waals surface area contributed by atoms with Gasteiger partial charge < -0.3 is 15.1 Å². The lowest BCUT2D eigenvalue weighted by atomic mass is 10.2. The maximum absolute atomic E-state index is 12.3. The fourth-order valence-electron chi connectivity index (χ4n) is 2.18. The van der Waals surface area contributed by atoms with Crippen LogP contribution in [0.1, 0.15) is 16.1 Å². The van der Waals surface area contributed by atoms with Crippen LogP contribution in [0.3, 0.4) is 0 Å². The van der Waals surface area contributed by atoms with E-state index in [0.29, 0.717) is 18.8 Å². The molecular formula is C14H20N4O2. The number of nitrogens with zero attached hydrogens (tertiary/aromatic N) is 3. The van der Waals surface area contributed by atoms with Crippen LogP contribution in [0.4, 0.5) is 0 Å². The van der Waals surface area contributed by atoms with Gasteiger partial charge in [0.05, 0.1) is 6.54 Å². The number of carbonyl (C=O) groups is 2. The van der Waals surface area contributed by atoms with Gasteiger partial charge in [0.2, 0.25) is 5.91 Å². The van der Waals surface area contributed by atoms with Gasteiger partial charge in [0.1, 0.15) is 5.69 Å². The van der Waals surface area contributed by atoms with Gasteiger partial charge in [-0.2, -0.15) is 0 Å². The molecule has 108 valence electrons. The molecule has 1 fully saturated rings. The molecule has 0 bridgehead atoms. The Morgan fingerprint density at radius 2 is 2.10 bits per heavy atom. The molecule has 1 N–H and O–H groups in total. The Labute approximate surface area is 118 Å². The molecule has 0 aliphatic carbocycles. The van der Waals surface area contributed by atoms with Crippen molar-refractivity contribution in [2.45, 2.75) is 6.92 Å². The zero-order valence-corrected chi connectivity index (χ0v) is 11.9. The van der Waals surface area contributed by atoms with Crippen LogP contribution in [0, 0.1) is 6.92 Å². The van der Waals surface area contributed by atoms with E-state index in [0.717, 1.165) is 18.7 Å². The monoisotopic (exact) mass is 276 g/mol. The fraction of sp³-hybridized carbons (Fsp3) is 0.500. The van der Waals surface area contributed by atoms with Gasteiger partial charge in [-0.05, 0) is 18.6 Å². The summed E-state index contributed by atoms with van der Waals surface area (Å²) in [5.41, 5.74) is 1.22. The second-order valence-electron chi connectivity index (χ2n) is 4.96. The first kappa shape index (κ1) is 14.5. The Bertz CT molecular complexity index is 498. The van der Waals surface area contributed by atoms with E-state index in [2.05, 4.69) is 10.3 Å². The third-order valence-corrected chi connectivity index (χ3v) is 3.40. The molecule has 0 atom stereocenters. The van der Waals surface area contributed by atoms with E-state index < -0.39 is 0 Å². The highest BCUT2D eigenvalue weighted by Gasteiger charge is 2.21. The lowest BCUT2D eigenvalue weighted by Gasteiger charge is -2.29. The maximum Gasteiger partial charge on any atom is 0.272 e. The normalized spacial score (nSPS) is 15.0. The van der Waals surface area contributed by atoms with Crippen molar-refractivity contribution >= 4 is 11.8 Å². The quantitative estimate of drug-likeness (QED) is 0.837. The summed E-state index contributed by atoms with van der Waals surface area (Å²) in [6, 6.07) is 3.63. The first-order valence-corrected chi connectivity index (χ1v) is 6.75. The van der Waals surface area contributed by atoms with E-state index in [9.17, 15) is 9.59 Å². The number of nitrogens with one attached hydrogen (secondary N) is 1. The van der Waals surface area contributed by atoms with E-state index in [4.69, 9.17) is 0 Å². The summed E-state index contributed by atoms with van der Waals surface area (Å²) in [4.78, 5) is 31.7. The lowest BCUT2D eigenvalue weighted by molar-refractivity contribution is -0.132. The van der Waals surface area contributed by atoms with E-state index in [1.807, 2.05) is 13.0 Å². The van der Waals surface area contributed by atoms with Crippen molar-refractivity contribution < 1.29 is 9.59 Å². The van der Waals surface area contributed by atoms with Crippen molar-refractivity contribution in [1.29, 1.82) is 0 Å². The summed E-state index contributed by atoms with van der Waals surface area (Å²) in [7, 11) is 1.64. The van der Waals surface area contributed by atoms with Crippen molar-refractivity contribution in [3.63, 3.8) is 0 Å². The molecule has 0 aromatic carbocycles. The van der Waals surface area contributed by atoms with Crippen molar-refractivity contribution in [3.8, 4) is 0 Å². The molecule has 1 saturated heterocycles. The number of pyridine rings is 1. The van der Waals surface area contributed by atoms with Crippen molar-refractivity contribution in [2.75, 3.05) is 39.8 Å². The highest BCUT2D eigenvalue weighted by atomic mass is 16.2. The summed E-state index contributed by atoms with van der Waals surface area (Å²) in [5.74, 6) is -0.234. The van der Waals surface area contributed by atoms with Gasteiger partial charge >= 0.3 is 0 Å². The van der Waals surface area contributed by atoms with Crippen LogP contribution in [0.15, 0.2) is 18.3 Å². The summed E-state index contributed by atoms with van der Waals surface area (Å²) >= 11 is 0. The average Bonchev–Trinajstić information content (AvgIpc) is 2.48. The number of aryl methyl sites for hydroxylation is 1. The first-order chi connectivity index (χ1) is 9.59. The molecule has 0 saturated carbocycles. The molecule has 0 radical (unpaired) electrons. The molecule has 0 spiro atoms. The summed E-state index contributed by atoms with van der Waals surface area (Å²) in [6.07, 6.45) is 1.59. The summed E-state index contributed by atoms with van der Waals surface area (Å²) in [6.45, 7) is 4.94. The van der Waals surface area contributed by atoms with Gasteiger partial charge in [-0.25, -0.2) is 0 Å². The largest absolute Gasteiger partial charge is 0.339 e. The van der Waals surface area contributed by atoms with Gasteiger partial charge in [-0.1, -0.05) is 6.07 Å². The number of likely N-dealkylation sites (N-methyl/N-ethyl adjacent to an activating group) is 1. The van der Waals surface area contributed by atoms with E-state index in [1.165, 1.54) is 4.90 Å². The average molecular weight is 276 g/mol. The Morgan fingerprint density at radius 1 is 1.40 bits per heavy atom. The molecule has 1 aromatic rings. The predicted molar refractivity (Wildman–Crippen MR) is 75.4 cm³/mol. The number of carbonyl (C=O) groups excluding carboxylic acids is 2. The number of piperazine rings is 1. The molecule has 20 heavy (non-hydrogen) atoms. The molecular weight excluding hydrogens is 256 g/mol. The SMILES string of the molecule is Cc1cccnc1C(=O)N(C)CC(=O)N1CCNCC1. The molecule has 2 heterocycles. The number of amides is 2. The smallest absolute Gasteiger partial charge is 0.272 e. The minimum Gasteiger partial charge on any atom is -0.339 e. The van der Waals surface area contributed by atoms with Crippen LogP contribution in [0.5, 0.6) is 0 Å². The molecule has 6 heteroatoms. The van der Waals surface area contributed by atoms with Crippen LogP contribution in [-0.2, 0) is 4.79 Å². The number of hydrogen-bond donors (Lipinski definition) is 1. The van der Waals surface area contributed by atoms with Crippen molar-refractivity contribution in [3.05, 3.63) is 29.6 Å². The van der Waals surface area contributed by atoms with Crippen LogP contribution >= 0.6 is 0 Å². The minimum atomic E-state index is -0.216. The van der Waals surface area contributed by atoms with Gasteiger partial charge in [-0.15, -0.1) is 0 Å². The third-order valence-electron chi connectivity index (χ3n) is 3.40. The highest BCUT2D eigenvalue weighted by Crippen LogP contribution is 2.07. The Hall–Kier alpha value is -1.95. The molecule has 2 amide bonds. The van der Waals surface area contributed by atoms with E-state index in [-0.39, 0.29) is 18.4 Å². The second kappa shape index (κ2) is 6.47. The molecule has 1 aromatic heterocycles. The fourth-order valence-corrected chi connectivity index (χ4v) is 2.18. The van der Waals surface area contributed by atoms with Crippen molar-refractivity contribution in [1.82, 2.24) is 20.1 Å². The Kier molecular flexibility index (Phi) is 4.68. The first-order valence-electron chi connectivity index (χ1n) is 6.75. The summed E-state index contributed by atoms with van der Waals surface area (Å²) < 4.78 is 0. The number of hydrogen-bond acceptors (Lipinski definition) is 4. The van der Waals surface area contributed by atoms with Gasteiger partial charge in [0.25, 0.3) is 5.91 Å². The molecule has 1 aliphatic heterocycles. The van der Waals surface area contributed by atoms with Crippen molar-refractivity contribution in [2.24, 2.45) is 0 Å². The van der Waals surface area contributed by atoms with Crippen LogP contribution in [-0.4, -0.2) is 66.4 Å². The number of rotatable bonds is 3. The molecule has 6 nitrogen and oxygen atoms in total. The van der Waals surface area contributed by atoms with Gasteiger partial charge in [-0.3, -0.25) is 14.6 Å². The van der Waals surface area contributed by atoms with Gasteiger partial charge in [0.15, 0.2) is 0 Å². The van der Waals surface area contributed by atoms with Crippen LogP contribution in [0.2, 0.25) is 0 Å². The Morgan fingerprint density at radius 3 is 2.75 bits per heavy atom. The topological polar surface area (TPSA) is 65.5 Å². The molecule has 0 unspecified atom stereocenters.